The average molecular weight is 480 g/mol. The normalized spacial score (nSPS) is 17.7. The summed E-state index contributed by atoms with van der Waals surface area (Å²) in [6.45, 7) is 6.31. The zero-order chi connectivity index (χ0) is 23.0. The van der Waals surface area contributed by atoms with Crippen LogP contribution in [0.3, 0.4) is 0 Å². The van der Waals surface area contributed by atoms with Crippen LogP contribution in [0.1, 0.15) is 24.0 Å². The summed E-state index contributed by atoms with van der Waals surface area (Å²) in [5.41, 5.74) is 1.91. The number of aryl methyl sites for hydroxylation is 1. The van der Waals surface area contributed by atoms with Crippen molar-refractivity contribution in [2.45, 2.75) is 30.2 Å². The summed E-state index contributed by atoms with van der Waals surface area (Å²) in [5, 5.41) is 6.69. The third-order valence-electron chi connectivity index (χ3n) is 5.75. The van der Waals surface area contributed by atoms with Crippen LogP contribution in [0.2, 0.25) is 0 Å². The first-order valence-electron chi connectivity index (χ1n) is 10.8. The van der Waals surface area contributed by atoms with Gasteiger partial charge in [-0.2, -0.15) is 8.42 Å². The molecule has 0 unspecified atom stereocenters. The maximum Gasteiger partial charge on any atom is 0.318 e. The Kier molecular flexibility index (Phi) is 9.81. The molecule has 2 saturated heterocycles. The summed E-state index contributed by atoms with van der Waals surface area (Å²) < 4.78 is 34.9. The number of rotatable bonds is 3. The smallest absolute Gasteiger partial charge is 0.318 e. The molecule has 0 atom stereocenters. The molecule has 2 fully saturated rings. The molecule has 0 radical (unpaired) electrons. The minimum Gasteiger partial charge on any atom is -0.412 e. The van der Waals surface area contributed by atoms with E-state index < -0.39 is 10.1 Å². The molecule has 0 spiro atoms. The highest BCUT2D eigenvalue weighted by Crippen LogP contribution is 2.30. The number of morpholine rings is 1. The van der Waals surface area contributed by atoms with Crippen molar-refractivity contribution >= 4 is 16.1 Å². The van der Waals surface area contributed by atoms with E-state index in [0.717, 1.165) is 31.5 Å². The van der Waals surface area contributed by atoms with Gasteiger partial charge in [-0.3, -0.25) is 4.55 Å². The van der Waals surface area contributed by atoms with Gasteiger partial charge in [0.15, 0.2) is 0 Å². The van der Waals surface area contributed by atoms with Gasteiger partial charge in [-0.1, -0.05) is 48.0 Å². The first-order valence-corrected chi connectivity index (χ1v) is 12.2. The highest BCUT2D eigenvalue weighted by Gasteiger charge is 2.36. The van der Waals surface area contributed by atoms with Gasteiger partial charge in [0, 0.05) is 13.1 Å². The molecular weight excluding hydrogens is 446 g/mol. The van der Waals surface area contributed by atoms with Crippen LogP contribution in [0.5, 0.6) is 0 Å². The molecule has 0 aromatic heterocycles. The number of hydrogen-bond acceptors (Lipinski definition) is 5. The van der Waals surface area contributed by atoms with Gasteiger partial charge in [0.2, 0.25) is 0 Å². The van der Waals surface area contributed by atoms with E-state index in [-0.39, 0.29) is 21.9 Å². The minimum absolute atomic E-state index is 0. The predicted molar refractivity (Wildman–Crippen MR) is 126 cm³/mol. The van der Waals surface area contributed by atoms with Crippen molar-refractivity contribution in [2.75, 3.05) is 39.4 Å². The Bertz CT molecular complexity index is 971. The van der Waals surface area contributed by atoms with Gasteiger partial charge in [-0.05, 0) is 50.6 Å². The molecule has 4 rings (SSSR count). The molecule has 2 aromatic carbocycles. The van der Waals surface area contributed by atoms with Crippen molar-refractivity contribution in [1.29, 1.82) is 0 Å². The summed E-state index contributed by atoms with van der Waals surface area (Å²) >= 11 is 0. The molecule has 2 amide bonds. The zero-order valence-corrected chi connectivity index (χ0v) is 19.6. The summed E-state index contributed by atoms with van der Waals surface area (Å²) in [5.74, 6) is 0. The van der Waals surface area contributed by atoms with Crippen LogP contribution in [0.25, 0.3) is 0 Å². The molecule has 5 N–H and O–H groups in total. The molecule has 0 aliphatic carbocycles. The summed E-state index contributed by atoms with van der Waals surface area (Å²) in [6.07, 6.45) is 1.85. The van der Waals surface area contributed by atoms with Crippen LogP contribution in [0, 0.1) is 6.92 Å². The Morgan fingerprint density at radius 2 is 1.61 bits per heavy atom. The maximum atomic E-state index is 12.6. The van der Waals surface area contributed by atoms with E-state index in [4.69, 9.17) is 9.29 Å². The Morgan fingerprint density at radius 1 is 1.03 bits per heavy atom. The SMILES string of the molecule is Cc1ccc(S(=O)(=O)O)cc1.O.O=C(NC1(c2ccccc2)CCNCC1)N1CCOCC1. The van der Waals surface area contributed by atoms with Crippen molar-refractivity contribution in [2.24, 2.45) is 0 Å². The van der Waals surface area contributed by atoms with Crippen molar-refractivity contribution < 1.29 is 28.0 Å². The number of urea groups is 1. The van der Waals surface area contributed by atoms with E-state index in [1.54, 1.807) is 12.1 Å². The van der Waals surface area contributed by atoms with Crippen LogP contribution in [-0.2, 0) is 20.4 Å². The number of nitrogens with one attached hydrogen (secondary N) is 2. The molecule has 182 valence electrons. The Labute approximate surface area is 195 Å². The van der Waals surface area contributed by atoms with E-state index >= 15 is 0 Å². The fourth-order valence-electron chi connectivity index (χ4n) is 3.86. The molecule has 10 heteroatoms. The highest BCUT2D eigenvalue weighted by atomic mass is 32.2. The first-order chi connectivity index (χ1) is 15.3. The van der Waals surface area contributed by atoms with E-state index in [2.05, 4.69) is 22.8 Å². The topological polar surface area (TPSA) is 139 Å². The Hall–Kier alpha value is -2.50. The number of hydrogen-bond donors (Lipinski definition) is 3. The number of carbonyl (C=O) groups is 1. The van der Waals surface area contributed by atoms with Gasteiger partial charge < -0.3 is 25.7 Å². The van der Waals surface area contributed by atoms with Gasteiger partial charge in [0.25, 0.3) is 10.1 Å². The molecule has 33 heavy (non-hydrogen) atoms. The Balaban J connectivity index is 0.000000274. The largest absolute Gasteiger partial charge is 0.412 e. The van der Waals surface area contributed by atoms with E-state index in [1.165, 1.54) is 17.7 Å². The standard InChI is InChI=1S/C16H23N3O2.C7H8O3S.H2O/c20-15(19-10-12-21-13-11-19)18-16(6-8-17-9-7-16)14-4-2-1-3-5-14;1-6-2-4-7(5-3-6)11(8,9)10;/h1-5,17H,6-13H2,(H,18,20);2-5H,1H3,(H,8,9,10);1H2. The summed E-state index contributed by atoms with van der Waals surface area (Å²) in [7, 11) is -4.02. The van der Waals surface area contributed by atoms with E-state index in [9.17, 15) is 13.2 Å². The molecule has 2 aliphatic rings. The predicted octanol–water partition coefficient (Wildman–Crippen LogP) is 1.72. The lowest BCUT2D eigenvalue weighted by Gasteiger charge is -2.41. The highest BCUT2D eigenvalue weighted by molar-refractivity contribution is 7.85. The zero-order valence-electron chi connectivity index (χ0n) is 18.8. The van der Waals surface area contributed by atoms with Crippen LogP contribution in [0.4, 0.5) is 4.79 Å². The third kappa shape index (κ3) is 7.51. The number of amides is 2. The second-order valence-electron chi connectivity index (χ2n) is 8.02. The molecular formula is C23H33N3O6S. The molecule has 0 saturated carbocycles. The van der Waals surface area contributed by atoms with Gasteiger partial charge in [-0.15, -0.1) is 0 Å². The van der Waals surface area contributed by atoms with Crippen LogP contribution in [0.15, 0.2) is 59.5 Å². The molecule has 2 aliphatic heterocycles. The molecule has 2 aromatic rings. The monoisotopic (exact) mass is 479 g/mol. The maximum absolute atomic E-state index is 12.6. The quantitative estimate of drug-likeness (QED) is 0.573. The van der Waals surface area contributed by atoms with E-state index in [0.29, 0.717) is 26.3 Å². The van der Waals surface area contributed by atoms with Crippen LogP contribution >= 0.6 is 0 Å². The van der Waals surface area contributed by atoms with Crippen molar-refractivity contribution in [3.63, 3.8) is 0 Å². The molecule has 2 heterocycles. The third-order valence-corrected chi connectivity index (χ3v) is 6.61. The first kappa shape index (κ1) is 26.7. The fraction of sp³-hybridized carbons (Fsp3) is 0.435. The second-order valence-corrected chi connectivity index (χ2v) is 9.44. The average Bonchev–Trinajstić information content (AvgIpc) is 2.81. The number of carbonyl (C=O) groups excluding carboxylic acids is 1. The van der Waals surface area contributed by atoms with Gasteiger partial charge in [0.1, 0.15) is 0 Å². The summed E-state index contributed by atoms with van der Waals surface area (Å²) in [6, 6.07) is 16.4. The Morgan fingerprint density at radius 3 is 2.15 bits per heavy atom. The van der Waals surface area contributed by atoms with E-state index in [1.807, 2.05) is 30.0 Å². The van der Waals surface area contributed by atoms with Crippen LogP contribution < -0.4 is 10.6 Å². The van der Waals surface area contributed by atoms with Gasteiger partial charge in [0.05, 0.1) is 23.6 Å². The van der Waals surface area contributed by atoms with Crippen LogP contribution in [-0.4, -0.2) is 68.8 Å². The second kappa shape index (κ2) is 12.1. The molecule has 0 bridgehead atoms. The number of piperidine rings is 1. The molecule has 9 nitrogen and oxygen atoms in total. The minimum atomic E-state index is -4.02. The van der Waals surface area contributed by atoms with Crippen molar-refractivity contribution in [1.82, 2.24) is 15.5 Å². The number of nitrogens with zero attached hydrogens (tertiary/aromatic N) is 1. The van der Waals surface area contributed by atoms with Crippen molar-refractivity contribution in [3.8, 4) is 0 Å². The van der Waals surface area contributed by atoms with Gasteiger partial charge in [-0.25, -0.2) is 4.79 Å². The fourth-order valence-corrected chi connectivity index (χ4v) is 4.34. The van der Waals surface area contributed by atoms with Crippen molar-refractivity contribution in [3.05, 3.63) is 65.7 Å². The number of ether oxygens (including phenoxy) is 1. The lowest BCUT2D eigenvalue weighted by atomic mass is 9.81. The summed E-state index contributed by atoms with van der Waals surface area (Å²) in [4.78, 5) is 14.4. The van der Waals surface area contributed by atoms with Gasteiger partial charge >= 0.3 is 6.03 Å². The lowest BCUT2D eigenvalue weighted by Crippen LogP contribution is -2.57. The lowest BCUT2D eigenvalue weighted by molar-refractivity contribution is 0.0498. The number of benzene rings is 2.